The topological polar surface area (TPSA) is 66.9 Å². The van der Waals surface area contributed by atoms with Gasteiger partial charge in [-0.2, -0.15) is 0 Å². The SMILES string of the molecule is Cc1ccccc1NC(=O)c1c(C)oc2ccc(O)c(C[NH+](C)Cc3ccccc3)c12. The summed E-state index contributed by atoms with van der Waals surface area (Å²) in [7, 11) is 2.07. The Bertz CT molecular complexity index is 1230. The third-order valence-electron chi connectivity index (χ3n) is 5.56. The summed E-state index contributed by atoms with van der Waals surface area (Å²) >= 11 is 0. The molecule has 4 aromatic rings. The van der Waals surface area contributed by atoms with Crippen LogP contribution in [0.1, 0.15) is 32.8 Å². The van der Waals surface area contributed by atoms with Crippen molar-refractivity contribution in [3.63, 3.8) is 0 Å². The summed E-state index contributed by atoms with van der Waals surface area (Å²) < 4.78 is 5.90. The number of para-hydroxylation sites is 1. The summed E-state index contributed by atoms with van der Waals surface area (Å²) in [6.45, 7) is 5.10. The van der Waals surface area contributed by atoms with Crippen molar-refractivity contribution in [2.45, 2.75) is 26.9 Å². The average molecular weight is 416 g/mol. The van der Waals surface area contributed by atoms with E-state index in [1.807, 2.05) is 49.4 Å². The molecule has 3 aromatic carbocycles. The first kappa shape index (κ1) is 20.7. The average Bonchev–Trinajstić information content (AvgIpc) is 3.09. The van der Waals surface area contributed by atoms with Crippen LogP contribution in [0.3, 0.4) is 0 Å². The van der Waals surface area contributed by atoms with Crippen molar-refractivity contribution in [3.05, 3.63) is 94.7 Å². The minimum atomic E-state index is -0.238. The maximum absolute atomic E-state index is 13.2. The molecule has 0 aliphatic rings. The summed E-state index contributed by atoms with van der Waals surface area (Å²) in [5.41, 5.74) is 4.75. The highest BCUT2D eigenvalue weighted by Gasteiger charge is 2.24. The maximum Gasteiger partial charge on any atom is 0.259 e. The molecule has 0 radical (unpaired) electrons. The minimum absolute atomic E-state index is 0.172. The Morgan fingerprint density at radius 2 is 1.68 bits per heavy atom. The highest BCUT2D eigenvalue weighted by atomic mass is 16.3. The first-order chi connectivity index (χ1) is 14.9. The van der Waals surface area contributed by atoms with Gasteiger partial charge < -0.3 is 19.7 Å². The number of quaternary nitrogens is 1. The standard InChI is InChI=1S/C26H26N2O3/c1-17-9-7-8-12-21(17)27-26(30)24-18(2)31-23-14-13-22(29)20(25(23)24)16-28(3)15-19-10-5-4-6-11-19/h4-14,29H,15-16H2,1-3H3,(H,27,30)/p+1. The van der Waals surface area contributed by atoms with E-state index in [4.69, 9.17) is 4.42 Å². The quantitative estimate of drug-likeness (QED) is 0.442. The molecule has 1 unspecified atom stereocenters. The maximum atomic E-state index is 13.2. The highest BCUT2D eigenvalue weighted by Crippen LogP contribution is 2.34. The lowest BCUT2D eigenvalue weighted by molar-refractivity contribution is -0.907. The zero-order chi connectivity index (χ0) is 22.0. The fourth-order valence-electron chi connectivity index (χ4n) is 4.03. The Morgan fingerprint density at radius 1 is 0.968 bits per heavy atom. The molecule has 0 aliphatic carbocycles. The summed E-state index contributed by atoms with van der Waals surface area (Å²) in [4.78, 5) is 14.4. The number of rotatable bonds is 6. The van der Waals surface area contributed by atoms with E-state index in [1.54, 1.807) is 19.1 Å². The van der Waals surface area contributed by atoms with Crippen molar-refractivity contribution < 1.29 is 19.2 Å². The zero-order valence-electron chi connectivity index (χ0n) is 18.0. The molecule has 3 N–H and O–H groups in total. The van der Waals surface area contributed by atoms with E-state index in [2.05, 4.69) is 24.5 Å². The molecule has 0 fully saturated rings. The molecular formula is C26H27N2O3+. The Kier molecular flexibility index (Phi) is 5.78. The van der Waals surface area contributed by atoms with E-state index in [1.165, 1.54) is 10.5 Å². The molecule has 1 amide bonds. The van der Waals surface area contributed by atoms with Gasteiger partial charge in [0.05, 0.1) is 18.2 Å². The molecule has 1 atom stereocenters. The molecule has 0 spiro atoms. The lowest BCUT2D eigenvalue weighted by Crippen LogP contribution is -3.06. The smallest absolute Gasteiger partial charge is 0.259 e. The molecule has 1 heterocycles. The number of fused-ring (bicyclic) bond motifs is 1. The number of hydrogen-bond donors (Lipinski definition) is 3. The van der Waals surface area contributed by atoms with Gasteiger partial charge in [-0.3, -0.25) is 4.79 Å². The van der Waals surface area contributed by atoms with Crippen molar-refractivity contribution in [2.75, 3.05) is 12.4 Å². The van der Waals surface area contributed by atoms with E-state index in [9.17, 15) is 9.90 Å². The summed E-state index contributed by atoms with van der Waals surface area (Å²) in [6, 6.07) is 21.2. The summed E-state index contributed by atoms with van der Waals surface area (Å²) in [5, 5.41) is 14.4. The van der Waals surface area contributed by atoms with Crippen LogP contribution in [0.2, 0.25) is 0 Å². The Hall–Kier alpha value is -3.57. The van der Waals surface area contributed by atoms with E-state index in [0.29, 0.717) is 28.8 Å². The third kappa shape index (κ3) is 4.32. The van der Waals surface area contributed by atoms with Gasteiger partial charge in [0.2, 0.25) is 0 Å². The first-order valence-electron chi connectivity index (χ1n) is 10.4. The van der Waals surface area contributed by atoms with Crippen LogP contribution in [0.4, 0.5) is 5.69 Å². The van der Waals surface area contributed by atoms with Gasteiger partial charge in [0.1, 0.15) is 30.2 Å². The number of hydrogen-bond acceptors (Lipinski definition) is 3. The molecule has 0 aliphatic heterocycles. The van der Waals surface area contributed by atoms with Gasteiger partial charge >= 0.3 is 0 Å². The number of carbonyl (C=O) groups excluding carboxylic acids is 1. The number of aryl methyl sites for hydroxylation is 2. The van der Waals surface area contributed by atoms with Gasteiger partial charge in [-0.05, 0) is 37.6 Å². The predicted octanol–water partition coefficient (Wildman–Crippen LogP) is 4.22. The van der Waals surface area contributed by atoms with Gasteiger partial charge in [-0.1, -0.05) is 48.5 Å². The summed E-state index contributed by atoms with van der Waals surface area (Å²) in [5.74, 6) is 0.470. The van der Waals surface area contributed by atoms with Gasteiger partial charge in [-0.25, -0.2) is 0 Å². The second-order valence-electron chi connectivity index (χ2n) is 8.03. The second-order valence-corrected chi connectivity index (χ2v) is 8.03. The molecule has 31 heavy (non-hydrogen) atoms. The first-order valence-corrected chi connectivity index (χ1v) is 10.4. The van der Waals surface area contributed by atoms with Crippen LogP contribution in [0.15, 0.2) is 71.1 Å². The molecule has 0 bridgehead atoms. The molecule has 1 aromatic heterocycles. The van der Waals surface area contributed by atoms with Gasteiger partial charge in [-0.15, -0.1) is 0 Å². The van der Waals surface area contributed by atoms with E-state index < -0.39 is 0 Å². The largest absolute Gasteiger partial charge is 0.507 e. The number of carbonyl (C=O) groups is 1. The molecule has 4 rings (SSSR count). The van der Waals surface area contributed by atoms with Crippen LogP contribution in [0, 0.1) is 13.8 Å². The van der Waals surface area contributed by atoms with E-state index in [0.717, 1.165) is 23.4 Å². The molecular weight excluding hydrogens is 388 g/mol. The summed E-state index contributed by atoms with van der Waals surface area (Å²) in [6.07, 6.45) is 0. The number of furan rings is 1. The Labute approximate surface area is 181 Å². The molecule has 5 nitrogen and oxygen atoms in total. The predicted molar refractivity (Wildman–Crippen MR) is 122 cm³/mol. The monoisotopic (exact) mass is 415 g/mol. The van der Waals surface area contributed by atoms with Crippen molar-refractivity contribution in [3.8, 4) is 5.75 Å². The lowest BCUT2D eigenvalue weighted by atomic mass is 10.0. The number of phenols is 1. The van der Waals surface area contributed by atoms with Crippen LogP contribution in [0.25, 0.3) is 11.0 Å². The van der Waals surface area contributed by atoms with Crippen LogP contribution < -0.4 is 10.2 Å². The number of phenolic OH excluding ortho intramolecular Hbond substituents is 1. The number of aromatic hydroxyl groups is 1. The van der Waals surface area contributed by atoms with Crippen molar-refractivity contribution in [1.29, 1.82) is 0 Å². The van der Waals surface area contributed by atoms with Gasteiger partial charge in [0.15, 0.2) is 0 Å². The van der Waals surface area contributed by atoms with Gasteiger partial charge in [0, 0.05) is 16.6 Å². The number of nitrogens with one attached hydrogen (secondary N) is 2. The second kappa shape index (κ2) is 8.66. The van der Waals surface area contributed by atoms with Crippen molar-refractivity contribution >= 4 is 22.6 Å². The highest BCUT2D eigenvalue weighted by molar-refractivity contribution is 6.14. The fraction of sp³-hybridized carbons (Fsp3) is 0.192. The van der Waals surface area contributed by atoms with Crippen molar-refractivity contribution in [2.24, 2.45) is 0 Å². The third-order valence-corrected chi connectivity index (χ3v) is 5.56. The van der Waals surface area contributed by atoms with Crippen LogP contribution >= 0.6 is 0 Å². The molecule has 158 valence electrons. The minimum Gasteiger partial charge on any atom is -0.507 e. The molecule has 0 saturated carbocycles. The van der Waals surface area contributed by atoms with Crippen LogP contribution in [-0.2, 0) is 13.1 Å². The van der Waals surface area contributed by atoms with Crippen LogP contribution in [0.5, 0.6) is 5.75 Å². The van der Waals surface area contributed by atoms with Gasteiger partial charge in [0.25, 0.3) is 5.91 Å². The number of benzene rings is 3. The fourth-order valence-corrected chi connectivity index (χ4v) is 4.03. The lowest BCUT2D eigenvalue weighted by Gasteiger charge is -2.16. The molecule has 0 saturated heterocycles. The zero-order valence-corrected chi connectivity index (χ0v) is 18.0. The number of amides is 1. The van der Waals surface area contributed by atoms with Crippen LogP contribution in [-0.4, -0.2) is 18.1 Å². The molecule has 5 heteroatoms. The Morgan fingerprint density at radius 3 is 2.42 bits per heavy atom. The normalized spacial score (nSPS) is 12.1. The van der Waals surface area contributed by atoms with E-state index >= 15 is 0 Å². The van der Waals surface area contributed by atoms with Crippen molar-refractivity contribution in [1.82, 2.24) is 0 Å². The Balaban J connectivity index is 1.70. The number of anilines is 1. The van der Waals surface area contributed by atoms with E-state index in [-0.39, 0.29) is 11.7 Å².